The molecular formula is C33H29NO6. The normalized spacial score (nSPS) is 15.7. The highest BCUT2D eigenvalue weighted by Crippen LogP contribution is 2.45. The maximum Gasteiger partial charge on any atom is 0.344 e. The number of fused-ring (bicyclic) bond motifs is 3. The van der Waals surface area contributed by atoms with E-state index in [0.717, 1.165) is 17.6 Å². The number of hydrogen-bond donors (Lipinski definition) is 2. The Balaban J connectivity index is 1.74. The highest BCUT2D eigenvalue weighted by atomic mass is 16.4. The molecule has 1 aliphatic rings. The van der Waals surface area contributed by atoms with E-state index >= 15 is 0 Å². The minimum absolute atomic E-state index is 0.134. The smallest absolute Gasteiger partial charge is 0.344 e. The predicted molar refractivity (Wildman–Crippen MR) is 154 cm³/mol. The number of aryl methyl sites for hydroxylation is 1. The van der Waals surface area contributed by atoms with Gasteiger partial charge in [-0.2, -0.15) is 0 Å². The molecule has 7 nitrogen and oxygen atoms in total. The molecule has 7 heteroatoms. The number of nitrogens with zero attached hydrogens (tertiary/aromatic N) is 1. The van der Waals surface area contributed by atoms with Crippen molar-refractivity contribution < 1.29 is 19.0 Å². The number of allylic oxidation sites excluding steroid dienone is 1. The monoisotopic (exact) mass is 535 g/mol. The molecule has 40 heavy (non-hydrogen) atoms. The molecule has 0 spiro atoms. The molecule has 0 saturated heterocycles. The van der Waals surface area contributed by atoms with Crippen LogP contribution in [0.4, 0.5) is 0 Å². The highest BCUT2D eigenvalue weighted by molar-refractivity contribution is 5.88. The van der Waals surface area contributed by atoms with Crippen LogP contribution in [0.2, 0.25) is 0 Å². The van der Waals surface area contributed by atoms with Crippen LogP contribution in [0.15, 0.2) is 78.7 Å². The van der Waals surface area contributed by atoms with Gasteiger partial charge in [0.15, 0.2) is 0 Å². The zero-order chi connectivity index (χ0) is 28.1. The SMILES string of the molecule is CCC1=Cc2c(oc(=O)c(C(c3c(O)c4cc(CC)ccc4oc3=O)c3ccnc4ccccc34)c2O)CC1C. The molecule has 2 unspecified atom stereocenters. The Hall–Kier alpha value is -4.65. The fourth-order valence-corrected chi connectivity index (χ4v) is 5.89. The lowest BCUT2D eigenvalue weighted by atomic mass is 9.81. The number of aromatic hydroxyl groups is 2. The third kappa shape index (κ3) is 4.01. The van der Waals surface area contributed by atoms with E-state index in [0.29, 0.717) is 46.0 Å². The Morgan fingerprint density at radius 1 is 0.925 bits per heavy atom. The molecule has 2 atom stereocenters. The summed E-state index contributed by atoms with van der Waals surface area (Å²) in [5.41, 5.74) is 1.98. The fraction of sp³-hybridized carbons (Fsp3) is 0.242. The minimum Gasteiger partial charge on any atom is -0.507 e. The summed E-state index contributed by atoms with van der Waals surface area (Å²) in [4.78, 5) is 31.8. The third-order valence-electron chi connectivity index (χ3n) is 8.07. The van der Waals surface area contributed by atoms with E-state index in [1.54, 1.807) is 24.4 Å². The molecule has 5 aromatic rings. The summed E-state index contributed by atoms with van der Waals surface area (Å²) in [5.74, 6) is -1.20. The third-order valence-corrected chi connectivity index (χ3v) is 8.07. The molecule has 2 aromatic carbocycles. The molecular weight excluding hydrogens is 506 g/mol. The van der Waals surface area contributed by atoms with Crippen LogP contribution in [0.3, 0.4) is 0 Å². The van der Waals surface area contributed by atoms with Crippen molar-refractivity contribution in [3.05, 3.63) is 115 Å². The Morgan fingerprint density at radius 2 is 1.68 bits per heavy atom. The van der Waals surface area contributed by atoms with Gasteiger partial charge in [-0.15, -0.1) is 0 Å². The van der Waals surface area contributed by atoms with E-state index in [1.165, 1.54) is 0 Å². The fourth-order valence-electron chi connectivity index (χ4n) is 5.89. The summed E-state index contributed by atoms with van der Waals surface area (Å²) >= 11 is 0. The van der Waals surface area contributed by atoms with Gasteiger partial charge in [0.05, 0.1) is 33.5 Å². The van der Waals surface area contributed by atoms with Crippen molar-refractivity contribution in [1.82, 2.24) is 4.98 Å². The average Bonchev–Trinajstić information content (AvgIpc) is 2.95. The molecule has 3 aromatic heterocycles. The summed E-state index contributed by atoms with van der Waals surface area (Å²) in [5, 5.41) is 24.4. The number of pyridine rings is 1. The van der Waals surface area contributed by atoms with Crippen LogP contribution in [-0.4, -0.2) is 15.2 Å². The van der Waals surface area contributed by atoms with Gasteiger partial charge in [0.25, 0.3) is 0 Å². The van der Waals surface area contributed by atoms with Gasteiger partial charge in [-0.1, -0.05) is 50.6 Å². The molecule has 0 fully saturated rings. The molecule has 3 heterocycles. The van der Waals surface area contributed by atoms with Gasteiger partial charge in [0.2, 0.25) is 0 Å². The van der Waals surface area contributed by atoms with E-state index in [9.17, 15) is 19.8 Å². The van der Waals surface area contributed by atoms with Crippen LogP contribution in [0, 0.1) is 5.92 Å². The zero-order valence-electron chi connectivity index (χ0n) is 22.5. The van der Waals surface area contributed by atoms with Gasteiger partial charge in [0, 0.05) is 18.0 Å². The zero-order valence-corrected chi connectivity index (χ0v) is 22.5. The van der Waals surface area contributed by atoms with Crippen molar-refractivity contribution in [1.29, 1.82) is 0 Å². The molecule has 202 valence electrons. The first-order chi connectivity index (χ1) is 19.3. The van der Waals surface area contributed by atoms with Crippen LogP contribution >= 0.6 is 0 Å². The Morgan fingerprint density at radius 3 is 2.45 bits per heavy atom. The summed E-state index contributed by atoms with van der Waals surface area (Å²) < 4.78 is 11.5. The van der Waals surface area contributed by atoms with Crippen LogP contribution in [0.1, 0.15) is 66.7 Å². The first-order valence-electron chi connectivity index (χ1n) is 13.5. The van der Waals surface area contributed by atoms with E-state index in [4.69, 9.17) is 8.83 Å². The van der Waals surface area contributed by atoms with Crippen molar-refractivity contribution in [2.24, 2.45) is 5.92 Å². The van der Waals surface area contributed by atoms with Gasteiger partial charge >= 0.3 is 11.3 Å². The summed E-state index contributed by atoms with van der Waals surface area (Å²) in [6.07, 6.45) is 5.41. The second-order valence-corrected chi connectivity index (χ2v) is 10.4. The van der Waals surface area contributed by atoms with Crippen LogP contribution in [0.5, 0.6) is 11.5 Å². The number of aromatic nitrogens is 1. The average molecular weight is 536 g/mol. The maximum atomic E-state index is 13.7. The summed E-state index contributed by atoms with van der Waals surface area (Å²) in [7, 11) is 0. The highest BCUT2D eigenvalue weighted by Gasteiger charge is 2.35. The molecule has 0 saturated carbocycles. The molecule has 0 radical (unpaired) electrons. The van der Waals surface area contributed by atoms with Crippen LogP contribution in [-0.2, 0) is 12.8 Å². The van der Waals surface area contributed by atoms with Gasteiger partial charge in [-0.05, 0) is 60.2 Å². The molecule has 6 rings (SSSR count). The van der Waals surface area contributed by atoms with Crippen molar-refractivity contribution in [3.63, 3.8) is 0 Å². The quantitative estimate of drug-likeness (QED) is 0.249. The topological polar surface area (TPSA) is 114 Å². The van der Waals surface area contributed by atoms with Gasteiger partial charge in [-0.25, -0.2) is 9.59 Å². The molecule has 0 aliphatic heterocycles. The van der Waals surface area contributed by atoms with E-state index in [1.807, 2.05) is 50.3 Å². The number of hydrogen-bond acceptors (Lipinski definition) is 7. The van der Waals surface area contributed by atoms with Gasteiger partial charge < -0.3 is 19.0 Å². The van der Waals surface area contributed by atoms with Crippen molar-refractivity contribution in [2.45, 2.75) is 46.0 Å². The van der Waals surface area contributed by atoms with Crippen LogP contribution in [0.25, 0.3) is 27.9 Å². The lowest BCUT2D eigenvalue weighted by Crippen LogP contribution is -2.23. The standard InChI is InChI=1S/C33H29NO6/c1-4-18-10-11-25-22(15-18)30(35)28(32(37)39-25)27(21-12-13-34-24-9-7-6-8-20(21)24)29-31(36)23-16-19(5-2)17(3)14-26(23)40-33(29)38/h6-13,15-17,27,35-36H,4-5,14H2,1-3H3. The predicted octanol–water partition coefficient (Wildman–Crippen LogP) is 6.43. The lowest BCUT2D eigenvalue weighted by Gasteiger charge is -2.25. The molecule has 0 bridgehead atoms. The Bertz CT molecular complexity index is 1940. The number of rotatable bonds is 5. The number of benzene rings is 2. The first kappa shape index (κ1) is 25.6. The molecule has 1 aliphatic carbocycles. The van der Waals surface area contributed by atoms with Crippen molar-refractivity contribution in [2.75, 3.05) is 0 Å². The Labute approximate surface area is 230 Å². The van der Waals surface area contributed by atoms with Crippen molar-refractivity contribution in [3.8, 4) is 11.5 Å². The second-order valence-electron chi connectivity index (χ2n) is 10.4. The maximum absolute atomic E-state index is 13.7. The first-order valence-corrected chi connectivity index (χ1v) is 13.5. The molecule has 0 amide bonds. The van der Waals surface area contributed by atoms with E-state index in [2.05, 4.69) is 11.9 Å². The largest absolute Gasteiger partial charge is 0.507 e. The molecule has 2 N–H and O–H groups in total. The Kier molecular flexibility index (Phi) is 6.29. The van der Waals surface area contributed by atoms with Gasteiger partial charge in [0.1, 0.15) is 22.8 Å². The van der Waals surface area contributed by atoms with Crippen LogP contribution < -0.4 is 11.3 Å². The summed E-state index contributed by atoms with van der Waals surface area (Å²) in [6.45, 7) is 6.08. The summed E-state index contributed by atoms with van der Waals surface area (Å²) in [6, 6.07) is 14.3. The number of para-hydroxylation sites is 1. The lowest BCUT2D eigenvalue weighted by molar-refractivity contribution is 0.391. The van der Waals surface area contributed by atoms with E-state index < -0.39 is 17.2 Å². The van der Waals surface area contributed by atoms with Crippen molar-refractivity contribution >= 4 is 27.9 Å². The minimum atomic E-state index is -1.20. The second kappa shape index (κ2) is 9.83. The van der Waals surface area contributed by atoms with Gasteiger partial charge in [-0.3, -0.25) is 4.98 Å². The van der Waals surface area contributed by atoms with E-state index in [-0.39, 0.29) is 34.1 Å².